The summed E-state index contributed by atoms with van der Waals surface area (Å²) >= 11 is 2.42. The highest BCUT2D eigenvalue weighted by atomic mass is 32.2. The summed E-state index contributed by atoms with van der Waals surface area (Å²) in [5, 5.41) is 9.39. The molecule has 9 heteroatoms. The predicted octanol–water partition coefficient (Wildman–Crippen LogP) is 2.93. The van der Waals surface area contributed by atoms with E-state index in [-0.39, 0.29) is 13.0 Å². The first-order valence-electron chi connectivity index (χ1n) is 7.04. The van der Waals surface area contributed by atoms with E-state index in [2.05, 4.69) is 12.1 Å². The van der Waals surface area contributed by atoms with Gasteiger partial charge in [0.25, 0.3) is 0 Å². The molecule has 1 aromatic carbocycles. The lowest BCUT2D eigenvalue weighted by Gasteiger charge is -2.25. The first kappa shape index (κ1) is 20.2. The van der Waals surface area contributed by atoms with Crippen molar-refractivity contribution in [2.24, 2.45) is 0 Å². The molecule has 132 valence electrons. The summed E-state index contributed by atoms with van der Waals surface area (Å²) < 4.78 is 3.07. The van der Waals surface area contributed by atoms with Gasteiger partial charge >= 0.3 is 12.1 Å². The lowest BCUT2D eigenvalue weighted by Crippen LogP contribution is -2.31. The third kappa shape index (κ3) is 8.14. The molecule has 0 atom stereocenters. The summed E-state index contributed by atoms with van der Waals surface area (Å²) in [4.78, 5) is 27.6. The molecule has 0 aliphatic heterocycles. The van der Waals surface area contributed by atoms with Gasteiger partial charge < -0.3 is 9.94 Å². The molecule has 0 aliphatic rings. The fourth-order valence-electron chi connectivity index (χ4n) is 1.57. The van der Waals surface area contributed by atoms with E-state index in [1.165, 1.54) is 16.1 Å². The van der Waals surface area contributed by atoms with Crippen molar-refractivity contribution in [3.8, 4) is 0 Å². The molecule has 1 aromatic rings. The Kier molecular flexibility index (Phi) is 9.13. The van der Waals surface area contributed by atoms with E-state index in [1.807, 2.05) is 30.3 Å². The number of thioether (sulfide) groups is 1. The van der Waals surface area contributed by atoms with E-state index in [0.717, 1.165) is 17.7 Å². The number of nitrogens with zero attached hydrogens (tertiary/aromatic N) is 2. The number of hydroxylamine groups is 1. The predicted molar refractivity (Wildman–Crippen MR) is 96.7 cm³/mol. The van der Waals surface area contributed by atoms with E-state index in [4.69, 9.17) is 9.94 Å². The number of hydrogen-bond donors (Lipinski definition) is 2. The second kappa shape index (κ2) is 10.8. The van der Waals surface area contributed by atoms with Gasteiger partial charge in [0.2, 0.25) is 0 Å². The monoisotopic (exact) mass is 371 g/mol. The summed E-state index contributed by atoms with van der Waals surface area (Å²) in [7, 11) is 1.55. The topological polar surface area (TPSA) is 82.1 Å². The lowest BCUT2D eigenvalue weighted by molar-refractivity contribution is -0.137. The van der Waals surface area contributed by atoms with Crippen molar-refractivity contribution in [1.29, 1.82) is 0 Å². The van der Waals surface area contributed by atoms with Gasteiger partial charge in [0.05, 0.1) is 11.4 Å². The Hall–Kier alpha value is -1.84. The summed E-state index contributed by atoms with van der Waals surface area (Å²) in [5.74, 6) is -0.892. The molecule has 2 N–H and O–H groups in total. The molecule has 0 spiro atoms. The van der Waals surface area contributed by atoms with Crippen LogP contribution in [0.15, 0.2) is 41.9 Å². The van der Waals surface area contributed by atoms with Crippen LogP contribution >= 0.6 is 23.9 Å². The number of hydrogen-bond acceptors (Lipinski definition) is 7. The number of carboxylic acids is 1. The normalized spacial score (nSPS) is 10.3. The number of amides is 1. The third-order valence-corrected chi connectivity index (χ3v) is 4.28. The van der Waals surface area contributed by atoms with Gasteiger partial charge in [0.1, 0.15) is 0 Å². The molecule has 0 saturated heterocycles. The van der Waals surface area contributed by atoms with Crippen molar-refractivity contribution < 1.29 is 19.5 Å². The molecule has 0 bridgehead atoms. The second-order valence-electron chi connectivity index (χ2n) is 4.67. The molecule has 7 nitrogen and oxygen atoms in total. The molecule has 0 aliphatic carbocycles. The molecule has 0 heterocycles. The maximum Gasteiger partial charge on any atom is 0.444 e. The van der Waals surface area contributed by atoms with Gasteiger partial charge in [-0.1, -0.05) is 36.9 Å². The van der Waals surface area contributed by atoms with E-state index >= 15 is 0 Å². The Morgan fingerprint density at radius 2 is 2.00 bits per heavy atom. The molecule has 0 aromatic heterocycles. The summed E-state index contributed by atoms with van der Waals surface area (Å²) in [6.07, 6.45) is 1.17. The average Bonchev–Trinajstić information content (AvgIpc) is 2.57. The zero-order valence-corrected chi connectivity index (χ0v) is 15.2. The zero-order chi connectivity index (χ0) is 17.9. The number of rotatable bonds is 10. The number of benzene rings is 1. The summed E-state index contributed by atoms with van der Waals surface area (Å²) in [6, 6.07) is 9.61. The van der Waals surface area contributed by atoms with Gasteiger partial charge in [0, 0.05) is 32.3 Å². The quantitative estimate of drug-likeness (QED) is 0.480. The van der Waals surface area contributed by atoms with Crippen LogP contribution in [0.25, 0.3) is 0 Å². The molecule has 24 heavy (non-hydrogen) atoms. The smallest absolute Gasteiger partial charge is 0.444 e. The molecule has 0 saturated carbocycles. The van der Waals surface area contributed by atoms with Crippen LogP contribution in [0.3, 0.4) is 0 Å². The van der Waals surface area contributed by atoms with Gasteiger partial charge in [-0.3, -0.25) is 4.79 Å². The van der Waals surface area contributed by atoms with Crippen molar-refractivity contribution in [3.05, 3.63) is 47.5 Å². The highest BCUT2D eigenvalue weighted by molar-refractivity contribution is 8.02. The highest BCUT2D eigenvalue weighted by Crippen LogP contribution is 2.19. The molecule has 0 fully saturated rings. The fourth-order valence-corrected chi connectivity index (χ4v) is 2.52. The van der Waals surface area contributed by atoms with Crippen molar-refractivity contribution in [2.45, 2.75) is 13.0 Å². The molecular weight excluding hydrogens is 350 g/mol. The molecule has 0 unspecified atom stereocenters. The minimum atomic E-state index is -0.892. The van der Waals surface area contributed by atoms with Gasteiger partial charge in [-0.05, 0) is 11.8 Å². The van der Waals surface area contributed by atoms with Crippen LogP contribution in [-0.4, -0.2) is 45.6 Å². The largest absolute Gasteiger partial charge is 0.481 e. The Labute approximate surface area is 150 Å². The van der Waals surface area contributed by atoms with E-state index < -0.39 is 12.1 Å². The minimum Gasteiger partial charge on any atom is -0.481 e. The lowest BCUT2D eigenvalue weighted by atomic mass is 10.2. The number of carbonyl (C=O) groups is 2. The van der Waals surface area contributed by atoms with Crippen LogP contribution in [0, 0.1) is 0 Å². The Morgan fingerprint density at radius 1 is 1.33 bits per heavy atom. The Morgan fingerprint density at radius 3 is 2.58 bits per heavy atom. The summed E-state index contributed by atoms with van der Waals surface area (Å²) in [6.45, 7) is 4.43. The van der Waals surface area contributed by atoms with Crippen LogP contribution in [0.4, 0.5) is 4.79 Å². The molecule has 1 rings (SSSR count). The molecular formula is C15H21N3O4S2. The van der Waals surface area contributed by atoms with Crippen molar-refractivity contribution in [1.82, 2.24) is 14.1 Å². The maximum atomic E-state index is 11.9. The zero-order valence-electron chi connectivity index (χ0n) is 13.6. The maximum absolute atomic E-state index is 11.9. The standard InChI is InChI=1S/C15H21N3O4S2/c1-12(23-3)16-22-15(21)17(2)24-18(10-9-14(19)20)11-13-7-5-4-6-8-13/h4-8,16H,1,9-11H2,2-3H3,(H,19,20). The SMILES string of the molecule is C=C(NOC(=O)N(C)SN(CCC(=O)O)Cc1ccccc1)SC. The van der Waals surface area contributed by atoms with Gasteiger partial charge in [-0.15, -0.1) is 11.8 Å². The minimum absolute atomic E-state index is 0.0236. The van der Waals surface area contributed by atoms with Crippen molar-refractivity contribution in [2.75, 3.05) is 19.8 Å². The Balaban J connectivity index is 2.60. The van der Waals surface area contributed by atoms with Crippen LogP contribution in [0.5, 0.6) is 0 Å². The first-order chi connectivity index (χ1) is 11.4. The van der Waals surface area contributed by atoms with E-state index in [1.54, 1.807) is 17.6 Å². The number of carboxylic acid groups (broad SMARTS) is 1. The van der Waals surface area contributed by atoms with Crippen LogP contribution in [0.2, 0.25) is 0 Å². The van der Waals surface area contributed by atoms with E-state index in [0.29, 0.717) is 11.6 Å². The van der Waals surface area contributed by atoms with Crippen molar-refractivity contribution in [3.63, 3.8) is 0 Å². The van der Waals surface area contributed by atoms with Crippen LogP contribution < -0.4 is 5.48 Å². The first-order valence-corrected chi connectivity index (χ1v) is 9.00. The van der Waals surface area contributed by atoms with Crippen LogP contribution in [0.1, 0.15) is 12.0 Å². The van der Waals surface area contributed by atoms with Crippen molar-refractivity contribution >= 4 is 36.0 Å². The van der Waals surface area contributed by atoms with Crippen LogP contribution in [-0.2, 0) is 16.2 Å². The number of carbonyl (C=O) groups excluding carboxylic acids is 1. The van der Waals surface area contributed by atoms with E-state index in [9.17, 15) is 9.59 Å². The number of nitrogens with one attached hydrogen (secondary N) is 1. The Bertz CT molecular complexity index is 557. The van der Waals surface area contributed by atoms with Gasteiger partial charge in [-0.25, -0.2) is 18.9 Å². The summed E-state index contributed by atoms with van der Waals surface area (Å²) in [5.41, 5.74) is 3.46. The van der Waals surface area contributed by atoms with Gasteiger partial charge in [-0.2, -0.15) is 0 Å². The fraction of sp³-hybridized carbons (Fsp3) is 0.333. The average molecular weight is 371 g/mol. The van der Waals surface area contributed by atoms with Gasteiger partial charge in [0.15, 0.2) is 0 Å². The molecule has 0 radical (unpaired) electrons. The molecule has 1 amide bonds. The third-order valence-electron chi connectivity index (χ3n) is 2.77. The second-order valence-corrected chi connectivity index (χ2v) is 6.80. The number of aliphatic carboxylic acids is 1. The highest BCUT2D eigenvalue weighted by Gasteiger charge is 2.18.